The predicted octanol–water partition coefficient (Wildman–Crippen LogP) is 2.96. The number of hydrogen-bond acceptors (Lipinski definition) is 2. The van der Waals surface area contributed by atoms with Gasteiger partial charge < -0.3 is 15.5 Å². The lowest BCUT2D eigenvalue weighted by Crippen LogP contribution is -2.48. The molecule has 2 N–H and O–H groups in total. The molecular weight excluding hydrogens is 321 g/mol. The standard InChI is InChI=1S/C19H22FN3O2/c1-13-9-10-15(20)12-16(13)21-19(25)22-17(18(24)23(2)3)11-14-7-5-4-6-8-14/h4-10,12,17H,11H2,1-3H3,(H2,21,22,25). The number of anilines is 1. The van der Waals surface area contributed by atoms with Gasteiger partial charge in [-0.05, 0) is 30.2 Å². The fraction of sp³-hybridized carbons (Fsp3) is 0.263. The van der Waals surface area contributed by atoms with Crippen LogP contribution in [0.1, 0.15) is 11.1 Å². The summed E-state index contributed by atoms with van der Waals surface area (Å²) in [6, 6.07) is 12.3. The molecule has 0 aliphatic carbocycles. The van der Waals surface area contributed by atoms with Crippen molar-refractivity contribution >= 4 is 17.6 Å². The Morgan fingerprint density at radius 3 is 2.44 bits per heavy atom. The number of carbonyl (C=O) groups excluding carboxylic acids is 2. The number of aryl methyl sites for hydroxylation is 1. The van der Waals surface area contributed by atoms with Crippen molar-refractivity contribution in [2.75, 3.05) is 19.4 Å². The number of amides is 3. The topological polar surface area (TPSA) is 61.4 Å². The first-order valence-corrected chi connectivity index (χ1v) is 7.95. The first-order chi connectivity index (χ1) is 11.9. The number of carbonyl (C=O) groups is 2. The van der Waals surface area contributed by atoms with Gasteiger partial charge in [-0.1, -0.05) is 36.4 Å². The Balaban J connectivity index is 2.11. The van der Waals surface area contributed by atoms with Crippen molar-refractivity contribution in [2.24, 2.45) is 0 Å². The maximum absolute atomic E-state index is 13.3. The summed E-state index contributed by atoms with van der Waals surface area (Å²) in [4.78, 5) is 26.1. The molecule has 0 aromatic heterocycles. The van der Waals surface area contributed by atoms with Gasteiger partial charge in [0.25, 0.3) is 0 Å². The number of nitrogens with zero attached hydrogens (tertiary/aromatic N) is 1. The Hall–Kier alpha value is -2.89. The molecule has 0 heterocycles. The van der Waals surface area contributed by atoms with Gasteiger partial charge in [0.1, 0.15) is 11.9 Å². The third kappa shape index (κ3) is 5.31. The zero-order chi connectivity index (χ0) is 18.4. The van der Waals surface area contributed by atoms with Gasteiger partial charge >= 0.3 is 6.03 Å². The summed E-state index contributed by atoms with van der Waals surface area (Å²) in [6.45, 7) is 1.77. The van der Waals surface area contributed by atoms with E-state index in [1.54, 1.807) is 27.1 Å². The number of benzene rings is 2. The summed E-state index contributed by atoms with van der Waals surface area (Å²) in [7, 11) is 3.27. The van der Waals surface area contributed by atoms with Crippen LogP contribution in [0.2, 0.25) is 0 Å². The SMILES string of the molecule is Cc1ccc(F)cc1NC(=O)NC(Cc1ccccc1)C(=O)N(C)C. The second-order valence-electron chi connectivity index (χ2n) is 6.03. The minimum atomic E-state index is -0.716. The summed E-state index contributed by atoms with van der Waals surface area (Å²) < 4.78 is 13.3. The van der Waals surface area contributed by atoms with Crippen LogP contribution in [-0.2, 0) is 11.2 Å². The molecule has 1 unspecified atom stereocenters. The first kappa shape index (κ1) is 18.4. The Morgan fingerprint density at radius 1 is 1.12 bits per heavy atom. The van der Waals surface area contributed by atoms with E-state index < -0.39 is 17.9 Å². The normalized spacial score (nSPS) is 11.5. The highest BCUT2D eigenvalue weighted by molar-refractivity contribution is 5.94. The molecule has 0 aliphatic rings. The molecule has 3 amide bonds. The van der Waals surface area contributed by atoms with Crippen LogP contribution in [0, 0.1) is 12.7 Å². The highest BCUT2D eigenvalue weighted by Crippen LogP contribution is 2.16. The molecule has 2 aromatic carbocycles. The molecule has 6 heteroatoms. The minimum absolute atomic E-state index is 0.213. The fourth-order valence-electron chi connectivity index (χ4n) is 2.41. The first-order valence-electron chi connectivity index (χ1n) is 7.95. The summed E-state index contributed by atoms with van der Waals surface area (Å²) >= 11 is 0. The molecule has 2 aromatic rings. The van der Waals surface area contributed by atoms with Crippen molar-refractivity contribution in [3.8, 4) is 0 Å². The number of urea groups is 1. The van der Waals surface area contributed by atoms with Gasteiger partial charge in [-0.15, -0.1) is 0 Å². The van der Waals surface area contributed by atoms with Crippen LogP contribution < -0.4 is 10.6 Å². The lowest BCUT2D eigenvalue weighted by atomic mass is 10.1. The Kier molecular flexibility index (Phi) is 6.11. The molecule has 1 atom stereocenters. The largest absolute Gasteiger partial charge is 0.347 e. The average molecular weight is 343 g/mol. The minimum Gasteiger partial charge on any atom is -0.347 e. The van der Waals surface area contributed by atoms with E-state index in [-0.39, 0.29) is 5.91 Å². The van der Waals surface area contributed by atoms with Crippen molar-refractivity contribution in [1.29, 1.82) is 0 Å². The molecular formula is C19H22FN3O2. The van der Waals surface area contributed by atoms with E-state index in [9.17, 15) is 14.0 Å². The van der Waals surface area contributed by atoms with Gasteiger partial charge in [-0.2, -0.15) is 0 Å². The lowest BCUT2D eigenvalue weighted by Gasteiger charge is -2.22. The third-order valence-electron chi connectivity index (χ3n) is 3.77. The zero-order valence-corrected chi connectivity index (χ0v) is 14.5. The monoisotopic (exact) mass is 343 g/mol. The van der Waals surface area contributed by atoms with E-state index in [2.05, 4.69) is 10.6 Å². The predicted molar refractivity (Wildman–Crippen MR) is 95.9 cm³/mol. The molecule has 0 aliphatic heterocycles. The van der Waals surface area contributed by atoms with Crippen LogP contribution in [0.4, 0.5) is 14.9 Å². The maximum atomic E-state index is 13.3. The Labute approximate surface area is 146 Å². The van der Waals surface area contributed by atoms with E-state index in [1.165, 1.54) is 17.0 Å². The summed E-state index contributed by atoms with van der Waals surface area (Å²) in [5.41, 5.74) is 2.04. The Morgan fingerprint density at radius 2 is 1.80 bits per heavy atom. The number of hydrogen-bond donors (Lipinski definition) is 2. The third-order valence-corrected chi connectivity index (χ3v) is 3.77. The Bertz CT molecular complexity index is 748. The number of rotatable bonds is 5. The van der Waals surface area contributed by atoms with E-state index in [1.807, 2.05) is 30.3 Å². The van der Waals surface area contributed by atoms with Gasteiger partial charge in [-0.3, -0.25) is 4.79 Å². The van der Waals surface area contributed by atoms with Gasteiger partial charge in [0.2, 0.25) is 5.91 Å². The number of nitrogens with one attached hydrogen (secondary N) is 2. The molecule has 0 bridgehead atoms. The van der Waals surface area contributed by atoms with Crippen LogP contribution in [0.15, 0.2) is 48.5 Å². The van der Waals surface area contributed by atoms with Crippen LogP contribution in [0.5, 0.6) is 0 Å². The van der Waals surface area contributed by atoms with Gasteiger partial charge in [0.05, 0.1) is 0 Å². The van der Waals surface area contributed by atoms with Crippen LogP contribution in [0.25, 0.3) is 0 Å². The van der Waals surface area contributed by atoms with E-state index in [0.717, 1.165) is 11.1 Å². The van der Waals surface area contributed by atoms with Gasteiger partial charge in [0.15, 0.2) is 0 Å². The number of likely N-dealkylation sites (N-methyl/N-ethyl adjacent to an activating group) is 1. The molecule has 0 saturated heterocycles. The molecule has 0 fully saturated rings. The lowest BCUT2D eigenvalue weighted by molar-refractivity contribution is -0.130. The molecule has 0 saturated carbocycles. The highest BCUT2D eigenvalue weighted by Gasteiger charge is 2.23. The fourth-order valence-corrected chi connectivity index (χ4v) is 2.41. The molecule has 2 rings (SSSR count). The van der Waals surface area contributed by atoms with E-state index >= 15 is 0 Å². The average Bonchev–Trinajstić information content (AvgIpc) is 2.57. The quantitative estimate of drug-likeness (QED) is 0.877. The molecule has 25 heavy (non-hydrogen) atoms. The summed E-state index contributed by atoms with van der Waals surface area (Å²) in [5.74, 6) is -0.652. The van der Waals surface area contributed by atoms with Gasteiger partial charge in [-0.25, -0.2) is 9.18 Å². The van der Waals surface area contributed by atoms with E-state index in [0.29, 0.717) is 12.1 Å². The maximum Gasteiger partial charge on any atom is 0.319 e. The summed E-state index contributed by atoms with van der Waals surface area (Å²) in [5, 5.41) is 5.28. The van der Waals surface area contributed by atoms with Gasteiger partial charge in [0, 0.05) is 26.2 Å². The summed E-state index contributed by atoms with van der Waals surface area (Å²) in [6.07, 6.45) is 0.368. The van der Waals surface area contributed by atoms with Crippen LogP contribution in [-0.4, -0.2) is 37.0 Å². The second-order valence-corrected chi connectivity index (χ2v) is 6.03. The molecule has 0 radical (unpaired) electrons. The second kappa shape index (κ2) is 8.28. The van der Waals surface area contributed by atoms with Crippen LogP contribution >= 0.6 is 0 Å². The number of halogens is 1. The van der Waals surface area contributed by atoms with Crippen molar-refractivity contribution in [2.45, 2.75) is 19.4 Å². The smallest absolute Gasteiger partial charge is 0.319 e. The van der Waals surface area contributed by atoms with Crippen molar-refractivity contribution < 1.29 is 14.0 Å². The molecule has 5 nitrogen and oxygen atoms in total. The van der Waals surface area contributed by atoms with Crippen molar-refractivity contribution in [3.05, 3.63) is 65.5 Å². The van der Waals surface area contributed by atoms with Crippen molar-refractivity contribution in [1.82, 2.24) is 10.2 Å². The molecule has 132 valence electrons. The van der Waals surface area contributed by atoms with E-state index in [4.69, 9.17) is 0 Å². The van der Waals surface area contributed by atoms with Crippen LogP contribution in [0.3, 0.4) is 0 Å². The van der Waals surface area contributed by atoms with Crippen molar-refractivity contribution in [3.63, 3.8) is 0 Å². The zero-order valence-electron chi connectivity index (χ0n) is 14.5. The molecule has 0 spiro atoms. The highest BCUT2D eigenvalue weighted by atomic mass is 19.1.